The summed E-state index contributed by atoms with van der Waals surface area (Å²) in [7, 11) is 0. The Bertz CT molecular complexity index is 402. The SMILES string of the molecule is C(#CC1CC2CCC1N2)c1cccnc1. The first kappa shape index (κ1) is 8.94. The van der Waals surface area contributed by atoms with E-state index in [-0.39, 0.29) is 0 Å². The van der Waals surface area contributed by atoms with Gasteiger partial charge in [-0.05, 0) is 31.4 Å². The first-order valence-corrected chi connectivity index (χ1v) is 5.59. The zero-order valence-electron chi connectivity index (χ0n) is 8.61. The third-order valence-electron chi connectivity index (χ3n) is 3.36. The predicted octanol–water partition coefficient (Wildman–Crippen LogP) is 1.57. The molecule has 3 heterocycles. The van der Waals surface area contributed by atoms with Gasteiger partial charge in [-0.15, -0.1) is 0 Å². The Balaban J connectivity index is 1.74. The van der Waals surface area contributed by atoms with Crippen molar-refractivity contribution in [3.8, 4) is 11.8 Å². The van der Waals surface area contributed by atoms with Crippen molar-refractivity contribution in [2.75, 3.05) is 0 Å². The third kappa shape index (κ3) is 1.75. The Kier molecular flexibility index (Phi) is 2.19. The van der Waals surface area contributed by atoms with Crippen molar-refractivity contribution in [3.63, 3.8) is 0 Å². The zero-order chi connectivity index (χ0) is 10.1. The van der Waals surface area contributed by atoms with Gasteiger partial charge in [0.1, 0.15) is 0 Å². The molecule has 2 aliphatic heterocycles. The van der Waals surface area contributed by atoms with E-state index in [1.165, 1.54) is 19.3 Å². The molecule has 0 radical (unpaired) electrons. The number of nitrogens with one attached hydrogen (secondary N) is 1. The van der Waals surface area contributed by atoms with Gasteiger partial charge >= 0.3 is 0 Å². The normalized spacial score (nSPS) is 32.4. The molecule has 0 aromatic carbocycles. The molecular formula is C13H14N2. The molecule has 2 nitrogen and oxygen atoms in total. The predicted molar refractivity (Wildman–Crippen MR) is 59.2 cm³/mol. The summed E-state index contributed by atoms with van der Waals surface area (Å²) in [5, 5.41) is 3.60. The van der Waals surface area contributed by atoms with E-state index in [4.69, 9.17) is 0 Å². The Morgan fingerprint density at radius 3 is 3.07 bits per heavy atom. The minimum Gasteiger partial charge on any atom is -0.310 e. The zero-order valence-corrected chi connectivity index (χ0v) is 8.61. The number of pyridine rings is 1. The molecule has 1 aromatic heterocycles. The molecule has 2 saturated heterocycles. The van der Waals surface area contributed by atoms with Crippen LogP contribution in [0.3, 0.4) is 0 Å². The standard InChI is InChI=1S/C13H14N2/c1-2-10(9-14-7-1)3-4-11-8-12-5-6-13(11)15-12/h1-2,7,9,11-13,15H,5-6,8H2. The van der Waals surface area contributed by atoms with Crippen LogP contribution in [-0.4, -0.2) is 17.1 Å². The Morgan fingerprint density at radius 1 is 1.40 bits per heavy atom. The number of hydrogen-bond acceptors (Lipinski definition) is 2. The van der Waals surface area contributed by atoms with E-state index in [0.717, 1.165) is 11.6 Å². The minimum absolute atomic E-state index is 0.559. The topological polar surface area (TPSA) is 24.9 Å². The average molecular weight is 198 g/mol. The maximum Gasteiger partial charge on any atom is 0.0428 e. The number of aromatic nitrogens is 1. The van der Waals surface area contributed by atoms with Crippen molar-refractivity contribution in [3.05, 3.63) is 30.1 Å². The fraction of sp³-hybridized carbons (Fsp3) is 0.462. The third-order valence-corrected chi connectivity index (χ3v) is 3.36. The van der Waals surface area contributed by atoms with Gasteiger partial charge in [-0.1, -0.05) is 11.8 Å². The Labute approximate surface area is 90.1 Å². The molecule has 76 valence electrons. The van der Waals surface area contributed by atoms with E-state index in [2.05, 4.69) is 22.1 Å². The first-order valence-electron chi connectivity index (χ1n) is 5.59. The Hall–Kier alpha value is -1.33. The van der Waals surface area contributed by atoms with E-state index < -0.39 is 0 Å². The molecule has 2 aliphatic rings. The van der Waals surface area contributed by atoms with E-state index in [1.807, 2.05) is 18.3 Å². The van der Waals surface area contributed by atoms with Crippen LogP contribution in [0.4, 0.5) is 0 Å². The highest BCUT2D eigenvalue weighted by molar-refractivity contribution is 5.32. The molecule has 0 aliphatic carbocycles. The highest BCUT2D eigenvalue weighted by Crippen LogP contribution is 2.32. The lowest BCUT2D eigenvalue weighted by Crippen LogP contribution is -2.21. The van der Waals surface area contributed by atoms with Crippen LogP contribution >= 0.6 is 0 Å². The lowest BCUT2D eigenvalue weighted by atomic mass is 9.89. The number of rotatable bonds is 0. The first-order chi connectivity index (χ1) is 7.42. The van der Waals surface area contributed by atoms with Gasteiger partial charge in [0.15, 0.2) is 0 Å². The van der Waals surface area contributed by atoms with Gasteiger partial charge in [0.25, 0.3) is 0 Å². The second kappa shape index (κ2) is 3.67. The van der Waals surface area contributed by atoms with Crippen molar-refractivity contribution in [1.29, 1.82) is 0 Å². The van der Waals surface area contributed by atoms with Crippen molar-refractivity contribution in [2.24, 2.45) is 5.92 Å². The van der Waals surface area contributed by atoms with Crippen molar-refractivity contribution in [2.45, 2.75) is 31.3 Å². The van der Waals surface area contributed by atoms with Gasteiger partial charge in [0.05, 0.1) is 0 Å². The van der Waals surface area contributed by atoms with Gasteiger partial charge in [-0.3, -0.25) is 4.98 Å². The average Bonchev–Trinajstić information content (AvgIpc) is 2.89. The smallest absolute Gasteiger partial charge is 0.0428 e. The molecule has 3 atom stereocenters. The monoisotopic (exact) mass is 198 g/mol. The summed E-state index contributed by atoms with van der Waals surface area (Å²) in [4.78, 5) is 4.06. The maximum absolute atomic E-state index is 4.06. The van der Waals surface area contributed by atoms with Crippen LogP contribution < -0.4 is 5.32 Å². The van der Waals surface area contributed by atoms with E-state index >= 15 is 0 Å². The van der Waals surface area contributed by atoms with Crippen LogP contribution in [0.1, 0.15) is 24.8 Å². The lowest BCUT2D eigenvalue weighted by molar-refractivity contribution is 0.493. The van der Waals surface area contributed by atoms with Gasteiger partial charge in [0, 0.05) is 36.0 Å². The minimum atomic E-state index is 0.559. The van der Waals surface area contributed by atoms with E-state index in [9.17, 15) is 0 Å². The molecule has 0 saturated carbocycles. The van der Waals surface area contributed by atoms with Crippen LogP contribution in [-0.2, 0) is 0 Å². The van der Waals surface area contributed by atoms with Crippen LogP contribution in [0.2, 0.25) is 0 Å². The van der Waals surface area contributed by atoms with Crippen molar-refractivity contribution < 1.29 is 0 Å². The molecule has 2 heteroatoms. The molecule has 2 bridgehead atoms. The van der Waals surface area contributed by atoms with Gasteiger partial charge in [-0.25, -0.2) is 0 Å². The summed E-state index contributed by atoms with van der Waals surface area (Å²) < 4.78 is 0. The molecule has 0 amide bonds. The molecule has 3 rings (SSSR count). The largest absolute Gasteiger partial charge is 0.310 e. The van der Waals surface area contributed by atoms with Crippen LogP contribution in [0.5, 0.6) is 0 Å². The summed E-state index contributed by atoms with van der Waals surface area (Å²) in [5.41, 5.74) is 1.03. The van der Waals surface area contributed by atoms with E-state index in [0.29, 0.717) is 12.0 Å². The highest BCUT2D eigenvalue weighted by atomic mass is 15.0. The molecule has 15 heavy (non-hydrogen) atoms. The van der Waals surface area contributed by atoms with Crippen LogP contribution in [0.15, 0.2) is 24.5 Å². The van der Waals surface area contributed by atoms with Gasteiger partial charge in [0.2, 0.25) is 0 Å². The number of nitrogens with zero attached hydrogens (tertiary/aromatic N) is 1. The maximum atomic E-state index is 4.06. The van der Waals surface area contributed by atoms with Gasteiger partial charge < -0.3 is 5.32 Å². The quantitative estimate of drug-likeness (QED) is 0.640. The fourth-order valence-electron chi connectivity index (χ4n) is 2.60. The summed E-state index contributed by atoms with van der Waals surface area (Å²) in [6.07, 6.45) is 7.49. The fourth-order valence-corrected chi connectivity index (χ4v) is 2.60. The number of fused-ring (bicyclic) bond motifs is 2. The van der Waals surface area contributed by atoms with Gasteiger partial charge in [-0.2, -0.15) is 0 Å². The molecule has 0 spiro atoms. The van der Waals surface area contributed by atoms with Crippen LogP contribution in [0, 0.1) is 17.8 Å². The lowest BCUT2D eigenvalue weighted by Gasteiger charge is -2.13. The number of hydrogen-bond donors (Lipinski definition) is 1. The second-order valence-corrected chi connectivity index (χ2v) is 4.40. The molecule has 2 fully saturated rings. The molecule has 1 N–H and O–H groups in total. The van der Waals surface area contributed by atoms with Crippen molar-refractivity contribution in [1.82, 2.24) is 10.3 Å². The summed E-state index contributed by atoms with van der Waals surface area (Å²) in [6, 6.07) is 5.34. The molecule has 3 unspecified atom stereocenters. The molecular weight excluding hydrogens is 184 g/mol. The van der Waals surface area contributed by atoms with Crippen molar-refractivity contribution >= 4 is 0 Å². The van der Waals surface area contributed by atoms with E-state index in [1.54, 1.807) is 6.20 Å². The summed E-state index contributed by atoms with van der Waals surface area (Å²) in [5.74, 6) is 7.15. The second-order valence-electron chi connectivity index (χ2n) is 4.40. The Morgan fingerprint density at radius 2 is 2.40 bits per heavy atom. The summed E-state index contributed by atoms with van der Waals surface area (Å²) >= 11 is 0. The van der Waals surface area contributed by atoms with Crippen LogP contribution in [0.25, 0.3) is 0 Å². The highest BCUT2D eigenvalue weighted by Gasteiger charge is 2.37. The summed E-state index contributed by atoms with van der Waals surface area (Å²) in [6.45, 7) is 0. The molecule has 1 aromatic rings.